The summed E-state index contributed by atoms with van der Waals surface area (Å²) in [6.07, 6.45) is 1.67. The van der Waals surface area contributed by atoms with Crippen molar-refractivity contribution in [1.82, 2.24) is 4.98 Å². The van der Waals surface area contributed by atoms with E-state index in [2.05, 4.69) is 4.98 Å². The van der Waals surface area contributed by atoms with Crippen molar-refractivity contribution < 1.29 is 13.7 Å². The number of ether oxygens (including phenoxy) is 2. The van der Waals surface area contributed by atoms with E-state index in [0.29, 0.717) is 16.4 Å². The number of rotatable bonds is 4. The third kappa shape index (κ3) is 2.87. The van der Waals surface area contributed by atoms with Gasteiger partial charge in [0.05, 0.1) is 12.6 Å². The summed E-state index contributed by atoms with van der Waals surface area (Å²) in [4.78, 5) is 4.75. The van der Waals surface area contributed by atoms with E-state index in [1.165, 1.54) is 0 Å². The van der Waals surface area contributed by atoms with Gasteiger partial charge in [-0.05, 0) is 30.3 Å². The molecule has 2 aromatic carbocycles. The number of aromatic nitrogens is 1. The molecule has 0 bridgehead atoms. The molecule has 0 atom stereocenters. The standard InChI is InChI=1S/C16H13N2O3S/c1-20-12-4-7-14-15(10-12)18-9-8-16(14)21-11-2-5-13(6-3-11)22(17)19/h2-10,17H,1H3/q-1. The van der Waals surface area contributed by atoms with Gasteiger partial charge in [0.1, 0.15) is 17.2 Å². The number of nitrogens with zero attached hydrogens (tertiary/aromatic N) is 1. The maximum Gasteiger partial charge on any atom is 0.138 e. The summed E-state index contributed by atoms with van der Waals surface area (Å²) in [7, 11) is -0.129. The van der Waals surface area contributed by atoms with Crippen molar-refractivity contribution >= 4 is 21.5 Å². The first-order chi connectivity index (χ1) is 10.7. The Bertz CT molecular complexity index is 882. The van der Waals surface area contributed by atoms with Crippen molar-refractivity contribution in [2.45, 2.75) is 4.90 Å². The zero-order valence-corrected chi connectivity index (χ0v) is 12.6. The first-order valence-corrected chi connectivity index (χ1v) is 7.66. The van der Waals surface area contributed by atoms with Gasteiger partial charge in [-0.25, -0.2) is 0 Å². The predicted octanol–water partition coefficient (Wildman–Crippen LogP) is 4.12. The molecule has 0 aliphatic rings. The fourth-order valence-corrected chi connectivity index (χ4v) is 2.46. The van der Waals surface area contributed by atoms with Crippen LogP contribution in [0.1, 0.15) is 0 Å². The maximum atomic E-state index is 11.1. The van der Waals surface area contributed by atoms with Crippen LogP contribution in [0, 0.1) is 4.78 Å². The van der Waals surface area contributed by atoms with E-state index in [0.717, 1.165) is 16.7 Å². The summed E-state index contributed by atoms with van der Waals surface area (Å²) in [6, 6.07) is 14.0. The van der Waals surface area contributed by atoms with Crippen LogP contribution in [-0.4, -0.2) is 12.1 Å². The third-order valence-corrected chi connectivity index (χ3v) is 3.88. The molecule has 3 rings (SSSR count). The van der Waals surface area contributed by atoms with Crippen molar-refractivity contribution in [3.63, 3.8) is 0 Å². The van der Waals surface area contributed by atoms with E-state index in [4.69, 9.17) is 14.3 Å². The number of hydrogen-bond acceptors (Lipinski definition) is 6. The average Bonchev–Trinajstić information content (AvgIpc) is 2.55. The molecule has 0 saturated carbocycles. The molecular formula is C16H13N2O3S-. The second-order valence-corrected chi connectivity index (χ2v) is 5.54. The Morgan fingerprint density at radius 2 is 1.77 bits per heavy atom. The Morgan fingerprint density at radius 1 is 1.05 bits per heavy atom. The van der Waals surface area contributed by atoms with Crippen LogP contribution in [0.2, 0.25) is 0 Å². The van der Waals surface area contributed by atoms with E-state index >= 15 is 0 Å². The Hall–Kier alpha value is -2.60. The highest BCUT2D eigenvalue weighted by molar-refractivity contribution is 7.73. The minimum atomic E-state index is -1.74. The highest BCUT2D eigenvalue weighted by Crippen LogP contribution is 2.30. The van der Waals surface area contributed by atoms with Gasteiger partial charge in [-0.1, -0.05) is 17.0 Å². The van der Waals surface area contributed by atoms with E-state index in [9.17, 15) is 4.21 Å². The van der Waals surface area contributed by atoms with E-state index in [1.54, 1.807) is 43.6 Å². The molecule has 0 fully saturated rings. The molecule has 1 N–H and O–H groups in total. The quantitative estimate of drug-likeness (QED) is 0.735. The molecule has 0 radical (unpaired) electrons. The average molecular weight is 313 g/mol. The van der Waals surface area contributed by atoms with Gasteiger partial charge < -0.3 is 18.5 Å². The lowest BCUT2D eigenvalue weighted by atomic mass is 10.2. The normalized spacial score (nSPS) is 10.8. The molecular weight excluding hydrogens is 300 g/mol. The number of nitrogens with one attached hydrogen (secondary N) is 1. The molecule has 0 aliphatic carbocycles. The summed E-state index contributed by atoms with van der Waals surface area (Å²) in [6.45, 7) is 0. The molecule has 0 amide bonds. The highest BCUT2D eigenvalue weighted by atomic mass is 32.2. The largest absolute Gasteiger partial charge is 0.497 e. The number of fused-ring (bicyclic) bond motifs is 1. The number of pyridine rings is 1. The van der Waals surface area contributed by atoms with Crippen LogP contribution in [0.25, 0.3) is 10.9 Å². The van der Waals surface area contributed by atoms with Gasteiger partial charge in [0.2, 0.25) is 0 Å². The first-order valence-electron chi connectivity index (χ1n) is 6.51. The molecule has 0 spiro atoms. The van der Waals surface area contributed by atoms with Gasteiger partial charge in [-0.3, -0.25) is 4.98 Å². The fourth-order valence-electron chi connectivity index (χ4n) is 2.08. The molecule has 112 valence electrons. The maximum absolute atomic E-state index is 11.1. The molecule has 0 aliphatic heterocycles. The van der Waals surface area contributed by atoms with Crippen molar-refractivity contribution in [3.05, 3.63) is 54.7 Å². The van der Waals surface area contributed by atoms with Crippen molar-refractivity contribution in [2.75, 3.05) is 7.11 Å². The van der Waals surface area contributed by atoms with Crippen LogP contribution in [0.3, 0.4) is 0 Å². The Kier molecular flexibility index (Phi) is 3.93. The molecule has 5 nitrogen and oxygen atoms in total. The molecule has 22 heavy (non-hydrogen) atoms. The van der Waals surface area contributed by atoms with E-state index in [-0.39, 0.29) is 0 Å². The van der Waals surface area contributed by atoms with Crippen LogP contribution in [-0.2, 0) is 14.8 Å². The van der Waals surface area contributed by atoms with Crippen molar-refractivity contribution in [3.8, 4) is 17.2 Å². The summed E-state index contributed by atoms with van der Waals surface area (Å²) in [5, 5.41) is 0.872. The van der Waals surface area contributed by atoms with E-state index in [1.807, 2.05) is 18.2 Å². The lowest BCUT2D eigenvalue weighted by Crippen LogP contribution is -1.89. The lowest BCUT2D eigenvalue weighted by molar-refractivity contribution is 0.415. The molecule has 1 aromatic heterocycles. The van der Waals surface area contributed by atoms with Crippen LogP contribution >= 0.6 is 0 Å². The lowest BCUT2D eigenvalue weighted by Gasteiger charge is -2.10. The molecule has 0 unspecified atom stereocenters. The third-order valence-electron chi connectivity index (χ3n) is 3.18. The van der Waals surface area contributed by atoms with Crippen molar-refractivity contribution in [1.29, 1.82) is 4.78 Å². The second-order valence-electron chi connectivity index (χ2n) is 4.53. The van der Waals surface area contributed by atoms with E-state index < -0.39 is 10.6 Å². The minimum absolute atomic E-state index is 0.441. The van der Waals surface area contributed by atoms with Crippen molar-refractivity contribution in [2.24, 2.45) is 0 Å². The van der Waals surface area contributed by atoms with Gasteiger partial charge in [0, 0.05) is 17.6 Å². The Labute approximate surface area is 129 Å². The topological polar surface area (TPSA) is 72.3 Å². The SMILES string of the molecule is COc1ccc2c(Oc3ccc([S-](=N)=O)cc3)ccnc2c1. The van der Waals surface area contributed by atoms with Gasteiger partial charge in [-0.2, -0.15) is 10.6 Å². The smallest absolute Gasteiger partial charge is 0.138 e. The number of methoxy groups -OCH3 is 1. The molecule has 6 heteroatoms. The minimum Gasteiger partial charge on any atom is -0.497 e. The highest BCUT2D eigenvalue weighted by Gasteiger charge is 2.05. The van der Waals surface area contributed by atoms with Crippen LogP contribution in [0.15, 0.2) is 59.6 Å². The zero-order valence-electron chi connectivity index (χ0n) is 11.8. The monoisotopic (exact) mass is 313 g/mol. The van der Waals surface area contributed by atoms with Gasteiger partial charge in [-0.15, -0.1) is 0 Å². The summed E-state index contributed by atoms with van der Waals surface area (Å²) in [5.41, 5.74) is 0.778. The predicted molar refractivity (Wildman–Crippen MR) is 83.8 cm³/mol. The number of benzene rings is 2. The summed E-state index contributed by atoms with van der Waals surface area (Å²) < 4.78 is 29.3. The van der Waals surface area contributed by atoms with Gasteiger partial charge in [0.25, 0.3) is 0 Å². The van der Waals surface area contributed by atoms with Crippen LogP contribution in [0.4, 0.5) is 0 Å². The van der Waals surface area contributed by atoms with Gasteiger partial charge >= 0.3 is 0 Å². The first kappa shape index (κ1) is 14.3. The number of hydrogen-bond donors (Lipinski definition) is 1. The zero-order chi connectivity index (χ0) is 15.5. The molecule has 0 saturated heterocycles. The van der Waals surface area contributed by atoms with Crippen LogP contribution < -0.4 is 9.47 Å². The Morgan fingerprint density at radius 3 is 2.45 bits per heavy atom. The fraction of sp³-hybridized carbons (Fsp3) is 0.0625. The second kappa shape index (κ2) is 6.03. The Balaban J connectivity index is 1.96. The molecule has 1 heterocycles. The summed E-state index contributed by atoms with van der Waals surface area (Å²) in [5.74, 6) is 2.02. The van der Waals surface area contributed by atoms with Gasteiger partial charge in [0.15, 0.2) is 0 Å². The summed E-state index contributed by atoms with van der Waals surface area (Å²) >= 11 is 0. The molecule has 3 aromatic rings. The van der Waals surface area contributed by atoms with Crippen LogP contribution in [0.5, 0.6) is 17.2 Å².